The molecule has 0 fully saturated rings. The van der Waals surface area contributed by atoms with Crippen LogP contribution in [0.3, 0.4) is 0 Å². The number of halogens is 2. The van der Waals surface area contributed by atoms with Crippen LogP contribution in [0.25, 0.3) is 0 Å². The van der Waals surface area contributed by atoms with Crippen molar-refractivity contribution in [2.24, 2.45) is 0 Å². The van der Waals surface area contributed by atoms with Crippen molar-refractivity contribution in [3.63, 3.8) is 0 Å². The molecule has 1 unspecified atom stereocenters. The molecule has 1 aromatic rings. The van der Waals surface area contributed by atoms with Crippen molar-refractivity contribution in [3.8, 4) is 11.8 Å². The second-order valence-corrected chi connectivity index (χ2v) is 4.71. The van der Waals surface area contributed by atoms with Gasteiger partial charge in [0.2, 0.25) is 0 Å². The Morgan fingerprint density at radius 1 is 1.24 bits per heavy atom. The highest BCUT2D eigenvalue weighted by Gasteiger charge is 2.10. The second kappa shape index (κ2) is 7.61. The van der Waals surface area contributed by atoms with Crippen LogP contribution in [0, 0.1) is 11.8 Å². The van der Waals surface area contributed by atoms with Crippen molar-refractivity contribution >= 4 is 23.2 Å². The molecule has 0 heterocycles. The van der Waals surface area contributed by atoms with Crippen molar-refractivity contribution in [1.82, 2.24) is 5.32 Å². The largest absolute Gasteiger partial charge is 0.309 e. The Labute approximate surface area is 114 Å². The first kappa shape index (κ1) is 14.4. The van der Waals surface area contributed by atoms with Gasteiger partial charge in [-0.25, -0.2) is 0 Å². The monoisotopic (exact) mass is 269 g/mol. The zero-order valence-electron chi connectivity index (χ0n) is 10.2. The minimum atomic E-state index is 0.193. The Hall–Kier alpha value is -0.680. The molecular formula is C14H17Cl2N. The minimum absolute atomic E-state index is 0.193. The lowest BCUT2D eigenvalue weighted by atomic mass is 10.0. The van der Waals surface area contributed by atoms with Crippen LogP contribution in [0.5, 0.6) is 0 Å². The highest BCUT2D eigenvalue weighted by atomic mass is 35.5. The summed E-state index contributed by atoms with van der Waals surface area (Å²) in [6, 6.07) is 5.82. The van der Waals surface area contributed by atoms with Crippen molar-refractivity contribution in [2.45, 2.75) is 32.7 Å². The fourth-order valence-electron chi connectivity index (χ4n) is 1.61. The molecule has 0 saturated carbocycles. The average molecular weight is 270 g/mol. The van der Waals surface area contributed by atoms with Crippen LogP contribution in [0.2, 0.25) is 10.0 Å². The normalized spacial score (nSPS) is 11.8. The zero-order chi connectivity index (χ0) is 12.7. The molecule has 1 nitrogen and oxygen atoms in total. The Balaban J connectivity index is 2.88. The summed E-state index contributed by atoms with van der Waals surface area (Å²) in [5, 5.41) is 4.79. The van der Waals surface area contributed by atoms with Gasteiger partial charge in [-0.05, 0) is 43.7 Å². The van der Waals surface area contributed by atoms with Crippen molar-refractivity contribution in [2.75, 3.05) is 6.54 Å². The molecule has 0 saturated heterocycles. The van der Waals surface area contributed by atoms with Gasteiger partial charge in [-0.1, -0.05) is 30.1 Å². The Bertz CT molecular complexity index is 398. The van der Waals surface area contributed by atoms with Gasteiger partial charge in [-0.2, -0.15) is 0 Å². The van der Waals surface area contributed by atoms with E-state index in [1.54, 1.807) is 6.07 Å². The van der Waals surface area contributed by atoms with E-state index in [0.717, 1.165) is 24.9 Å². The molecule has 0 aromatic heterocycles. The van der Waals surface area contributed by atoms with Gasteiger partial charge in [0.25, 0.3) is 0 Å². The van der Waals surface area contributed by atoms with E-state index < -0.39 is 0 Å². The highest BCUT2D eigenvalue weighted by molar-refractivity contribution is 6.34. The molecule has 0 spiro atoms. The van der Waals surface area contributed by atoms with Gasteiger partial charge in [0, 0.05) is 22.5 Å². The van der Waals surface area contributed by atoms with Gasteiger partial charge in [-0.3, -0.25) is 0 Å². The lowest BCUT2D eigenvalue weighted by Crippen LogP contribution is -2.21. The van der Waals surface area contributed by atoms with Crippen LogP contribution in [0.1, 0.15) is 38.3 Å². The quantitative estimate of drug-likeness (QED) is 0.779. The van der Waals surface area contributed by atoms with Gasteiger partial charge in [0.05, 0.1) is 0 Å². The van der Waals surface area contributed by atoms with Crippen LogP contribution >= 0.6 is 23.2 Å². The van der Waals surface area contributed by atoms with E-state index in [4.69, 9.17) is 23.2 Å². The van der Waals surface area contributed by atoms with E-state index in [-0.39, 0.29) is 6.04 Å². The van der Waals surface area contributed by atoms with E-state index >= 15 is 0 Å². The Kier molecular flexibility index (Phi) is 6.44. The van der Waals surface area contributed by atoms with Crippen molar-refractivity contribution in [1.29, 1.82) is 0 Å². The summed E-state index contributed by atoms with van der Waals surface area (Å²) in [5.74, 6) is 6.01. The molecule has 1 N–H and O–H groups in total. The molecule has 92 valence electrons. The maximum atomic E-state index is 6.01. The molecule has 0 aliphatic rings. The Morgan fingerprint density at radius 3 is 2.41 bits per heavy atom. The van der Waals surface area contributed by atoms with Gasteiger partial charge in [0.1, 0.15) is 0 Å². The number of benzene rings is 1. The molecule has 1 atom stereocenters. The number of rotatable bonds is 5. The summed E-state index contributed by atoms with van der Waals surface area (Å²) < 4.78 is 0. The first-order valence-corrected chi connectivity index (χ1v) is 6.52. The van der Waals surface area contributed by atoms with Gasteiger partial charge in [0.15, 0.2) is 0 Å². The van der Waals surface area contributed by atoms with Gasteiger partial charge in [-0.15, -0.1) is 11.8 Å². The van der Waals surface area contributed by atoms with Crippen molar-refractivity contribution in [3.05, 3.63) is 33.8 Å². The predicted molar refractivity (Wildman–Crippen MR) is 75.6 cm³/mol. The molecule has 0 bridgehead atoms. The number of hydrogen-bond donors (Lipinski definition) is 1. The van der Waals surface area contributed by atoms with E-state index in [1.807, 2.05) is 19.1 Å². The molecule has 1 rings (SSSR count). The highest BCUT2D eigenvalue weighted by Crippen LogP contribution is 2.25. The van der Waals surface area contributed by atoms with E-state index in [1.165, 1.54) is 0 Å². The topological polar surface area (TPSA) is 12.0 Å². The van der Waals surface area contributed by atoms with Crippen molar-refractivity contribution < 1.29 is 0 Å². The lowest BCUT2D eigenvalue weighted by molar-refractivity contribution is 0.542. The standard InChI is InChI=1S/C14H17Cl2N/c1-3-5-6-14(17-7-4-2)11-8-12(15)10-13(16)9-11/h8-10,14,17H,4,6-7H2,1-2H3. The van der Waals surface area contributed by atoms with Crippen LogP contribution < -0.4 is 5.32 Å². The predicted octanol–water partition coefficient (Wildman–Crippen LogP) is 4.45. The first-order chi connectivity index (χ1) is 8.17. The van der Waals surface area contributed by atoms with E-state index in [0.29, 0.717) is 10.0 Å². The summed E-state index contributed by atoms with van der Waals surface area (Å²) in [5.41, 5.74) is 1.10. The van der Waals surface area contributed by atoms with Gasteiger partial charge < -0.3 is 5.32 Å². The fraction of sp³-hybridized carbons (Fsp3) is 0.429. The summed E-state index contributed by atoms with van der Waals surface area (Å²) >= 11 is 12.0. The maximum Gasteiger partial charge on any atom is 0.0431 e. The molecule has 1 aromatic carbocycles. The first-order valence-electron chi connectivity index (χ1n) is 5.76. The SMILES string of the molecule is CC#CCC(NCCC)c1cc(Cl)cc(Cl)c1. The summed E-state index contributed by atoms with van der Waals surface area (Å²) in [4.78, 5) is 0. The Morgan fingerprint density at radius 2 is 1.88 bits per heavy atom. The smallest absolute Gasteiger partial charge is 0.0431 e. The number of hydrogen-bond acceptors (Lipinski definition) is 1. The zero-order valence-corrected chi connectivity index (χ0v) is 11.7. The third-order valence-electron chi connectivity index (χ3n) is 2.41. The molecule has 0 radical (unpaired) electrons. The average Bonchev–Trinajstić information content (AvgIpc) is 2.28. The third kappa shape index (κ3) is 5.00. The van der Waals surface area contributed by atoms with Crippen LogP contribution in [-0.4, -0.2) is 6.54 Å². The maximum absolute atomic E-state index is 6.01. The molecule has 0 amide bonds. The molecular weight excluding hydrogens is 253 g/mol. The van der Waals surface area contributed by atoms with Crippen LogP contribution in [0.4, 0.5) is 0 Å². The number of nitrogens with one attached hydrogen (secondary N) is 1. The summed E-state index contributed by atoms with van der Waals surface area (Å²) in [7, 11) is 0. The lowest BCUT2D eigenvalue weighted by Gasteiger charge is -2.17. The van der Waals surface area contributed by atoms with E-state index in [2.05, 4.69) is 24.1 Å². The second-order valence-electron chi connectivity index (χ2n) is 3.84. The minimum Gasteiger partial charge on any atom is -0.309 e. The summed E-state index contributed by atoms with van der Waals surface area (Å²) in [6.45, 7) is 4.95. The molecule has 0 aliphatic heterocycles. The molecule has 17 heavy (non-hydrogen) atoms. The third-order valence-corrected chi connectivity index (χ3v) is 2.85. The van der Waals surface area contributed by atoms with Crippen LogP contribution in [-0.2, 0) is 0 Å². The fourth-order valence-corrected chi connectivity index (χ4v) is 2.15. The van der Waals surface area contributed by atoms with Crippen LogP contribution in [0.15, 0.2) is 18.2 Å². The van der Waals surface area contributed by atoms with Gasteiger partial charge >= 0.3 is 0 Å². The van der Waals surface area contributed by atoms with E-state index in [9.17, 15) is 0 Å². The summed E-state index contributed by atoms with van der Waals surface area (Å²) in [6.07, 6.45) is 1.86. The molecule has 3 heteroatoms. The molecule has 0 aliphatic carbocycles.